The molecular weight excluding hydrogens is 290 g/mol. The van der Waals surface area contributed by atoms with E-state index in [0.717, 1.165) is 18.7 Å². The standard InChI is InChI=1S/C15H31NO4S/c1-18-9-10-19-11-12-20-14-15(17)16-8-6-4-2-3-5-7-13-21/h21H,2-14H2,1H3,(H,16,17). The van der Waals surface area contributed by atoms with Crippen LogP contribution in [0.25, 0.3) is 0 Å². The van der Waals surface area contributed by atoms with E-state index in [-0.39, 0.29) is 12.5 Å². The first kappa shape index (κ1) is 20.7. The van der Waals surface area contributed by atoms with Crippen molar-refractivity contribution in [3.05, 3.63) is 0 Å². The Morgan fingerprint density at radius 2 is 1.52 bits per heavy atom. The summed E-state index contributed by atoms with van der Waals surface area (Å²) in [7, 11) is 1.63. The molecule has 0 aromatic carbocycles. The van der Waals surface area contributed by atoms with Gasteiger partial charge in [0.2, 0.25) is 5.91 Å². The molecule has 0 aromatic rings. The Balaban J connectivity index is 3.13. The Hall–Kier alpha value is -0.300. The molecule has 0 aliphatic carbocycles. The van der Waals surface area contributed by atoms with Gasteiger partial charge in [-0.05, 0) is 18.6 Å². The predicted molar refractivity (Wildman–Crippen MR) is 88.1 cm³/mol. The number of hydrogen-bond donors (Lipinski definition) is 2. The Bertz CT molecular complexity index is 230. The first-order chi connectivity index (χ1) is 10.3. The van der Waals surface area contributed by atoms with Gasteiger partial charge in [0.1, 0.15) is 6.61 Å². The van der Waals surface area contributed by atoms with Crippen molar-refractivity contribution in [1.82, 2.24) is 5.32 Å². The van der Waals surface area contributed by atoms with Crippen LogP contribution in [0, 0.1) is 0 Å². The van der Waals surface area contributed by atoms with E-state index in [2.05, 4.69) is 17.9 Å². The van der Waals surface area contributed by atoms with E-state index >= 15 is 0 Å². The summed E-state index contributed by atoms with van der Waals surface area (Å²) < 4.78 is 15.3. The molecule has 0 fully saturated rings. The summed E-state index contributed by atoms with van der Waals surface area (Å²) in [6, 6.07) is 0. The van der Waals surface area contributed by atoms with Crippen LogP contribution in [0.2, 0.25) is 0 Å². The van der Waals surface area contributed by atoms with Gasteiger partial charge in [0.05, 0.1) is 26.4 Å². The second-order valence-electron chi connectivity index (χ2n) is 4.85. The van der Waals surface area contributed by atoms with Crippen LogP contribution in [-0.2, 0) is 19.0 Å². The quantitative estimate of drug-likeness (QED) is 0.337. The fourth-order valence-corrected chi connectivity index (χ4v) is 1.97. The normalized spacial score (nSPS) is 10.8. The van der Waals surface area contributed by atoms with Crippen LogP contribution in [0.1, 0.15) is 38.5 Å². The van der Waals surface area contributed by atoms with Crippen LogP contribution in [-0.4, -0.2) is 58.3 Å². The molecule has 0 saturated heterocycles. The minimum Gasteiger partial charge on any atom is -0.382 e. The lowest BCUT2D eigenvalue weighted by Gasteiger charge is -2.07. The summed E-state index contributed by atoms with van der Waals surface area (Å²) in [5, 5.41) is 2.86. The molecule has 0 spiro atoms. The Morgan fingerprint density at radius 3 is 2.24 bits per heavy atom. The van der Waals surface area contributed by atoms with Crippen molar-refractivity contribution >= 4 is 18.5 Å². The number of nitrogens with one attached hydrogen (secondary N) is 1. The molecule has 0 rings (SSSR count). The smallest absolute Gasteiger partial charge is 0.245 e. The molecule has 0 aromatic heterocycles. The molecule has 0 aliphatic heterocycles. The Morgan fingerprint density at radius 1 is 0.905 bits per heavy atom. The highest BCUT2D eigenvalue weighted by molar-refractivity contribution is 7.80. The number of ether oxygens (including phenoxy) is 3. The van der Waals surface area contributed by atoms with Crippen LogP contribution < -0.4 is 5.32 Å². The van der Waals surface area contributed by atoms with E-state index < -0.39 is 0 Å². The molecule has 0 heterocycles. The van der Waals surface area contributed by atoms with Crippen molar-refractivity contribution in [3.63, 3.8) is 0 Å². The summed E-state index contributed by atoms with van der Waals surface area (Å²) in [5.41, 5.74) is 0. The van der Waals surface area contributed by atoms with Crippen molar-refractivity contribution in [2.24, 2.45) is 0 Å². The topological polar surface area (TPSA) is 56.8 Å². The van der Waals surface area contributed by atoms with Crippen LogP contribution >= 0.6 is 12.6 Å². The van der Waals surface area contributed by atoms with Crippen LogP contribution in [0.4, 0.5) is 0 Å². The van der Waals surface area contributed by atoms with Crippen LogP contribution in [0.5, 0.6) is 0 Å². The number of amides is 1. The Kier molecular flexibility index (Phi) is 17.5. The van der Waals surface area contributed by atoms with Gasteiger partial charge in [-0.1, -0.05) is 25.7 Å². The highest BCUT2D eigenvalue weighted by atomic mass is 32.1. The zero-order valence-electron chi connectivity index (χ0n) is 13.3. The van der Waals surface area contributed by atoms with E-state index in [1.165, 1.54) is 32.1 Å². The molecule has 0 bridgehead atoms. The monoisotopic (exact) mass is 321 g/mol. The van der Waals surface area contributed by atoms with Gasteiger partial charge in [-0.15, -0.1) is 0 Å². The van der Waals surface area contributed by atoms with Crippen molar-refractivity contribution in [2.75, 3.05) is 52.4 Å². The van der Waals surface area contributed by atoms with Crippen LogP contribution in [0.15, 0.2) is 0 Å². The minimum atomic E-state index is -0.0537. The number of unbranched alkanes of at least 4 members (excludes halogenated alkanes) is 5. The summed E-state index contributed by atoms with van der Waals surface area (Å²) in [5.74, 6) is 0.926. The molecule has 0 aliphatic rings. The first-order valence-electron chi connectivity index (χ1n) is 7.83. The number of carbonyl (C=O) groups excluding carboxylic acids is 1. The van der Waals surface area contributed by atoms with Gasteiger partial charge in [-0.2, -0.15) is 12.6 Å². The summed E-state index contributed by atoms with van der Waals surface area (Å²) in [6.07, 6.45) is 7.16. The molecule has 21 heavy (non-hydrogen) atoms. The molecular formula is C15H31NO4S. The molecule has 0 saturated carbocycles. The molecule has 0 atom stereocenters. The fourth-order valence-electron chi connectivity index (χ4n) is 1.75. The summed E-state index contributed by atoms with van der Waals surface area (Å²) in [6.45, 7) is 2.90. The van der Waals surface area contributed by atoms with Crippen molar-refractivity contribution in [2.45, 2.75) is 38.5 Å². The lowest BCUT2D eigenvalue weighted by molar-refractivity contribution is -0.126. The zero-order valence-corrected chi connectivity index (χ0v) is 14.2. The third-order valence-corrected chi connectivity index (χ3v) is 3.26. The van der Waals surface area contributed by atoms with Gasteiger partial charge >= 0.3 is 0 Å². The third-order valence-electron chi connectivity index (χ3n) is 2.94. The average molecular weight is 321 g/mol. The largest absolute Gasteiger partial charge is 0.382 e. The molecule has 1 N–H and O–H groups in total. The van der Waals surface area contributed by atoms with E-state index in [1.54, 1.807) is 7.11 Å². The predicted octanol–water partition coefficient (Wildman–Crippen LogP) is 2.05. The van der Waals surface area contributed by atoms with Gasteiger partial charge in [-0.25, -0.2) is 0 Å². The highest BCUT2D eigenvalue weighted by Gasteiger charge is 2.00. The SMILES string of the molecule is COCCOCCOCC(=O)NCCCCCCCCS. The lowest BCUT2D eigenvalue weighted by atomic mass is 10.1. The second kappa shape index (κ2) is 17.8. The molecule has 5 nitrogen and oxygen atoms in total. The van der Waals surface area contributed by atoms with Gasteiger partial charge in [0.15, 0.2) is 0 Å². The maximum absolute atomic E-state index is 11.4. The van der Waals surface area contributed by atoms with Crippen LogP contribution in [0.3, 0.4) is 0 Å². The molecule has 6 heteroatoms. The molecule has 126 valence electrons. The number of carbonyl (C=O) groups is 1. The average Bonchev–Trinajstić information content (AvgIpc) is 2.49. The Labute approximate surface area is 134 Å². The van der Waals surface area contributed by atoms with Gasteiger partial charge in [-0.3, -0.25) is 4.79 Å². The van der Waals surface area contributed by atoms with E-state index in [4.69, 9.17) is 14.2 Å². The maximum Gasteiger partial charge on any atom is 0.245 e. The van der Waals surface area contributed by atoms with Crippen molar-refractivity contribution < 1.29 is 19.0 Å². The van der Waals surface area contributed by atoms with Gasteiger partial charge < -0.3 is 19.5 Å². The summed E-state index contributed by atoms with van der Waals surface area (Å²) >= 11 is 4.18. The zero-order chi connectivity index (χ0) is 15.6. The van der Waals surface area contributed by atoms with Crippen molar-refractivity contribution in [1.29, 1.82) is 0 Å². The number of thiol groups is 1. The van der Waals surface area contributed by atoms with E-state index in [9.17, 15) is 4.79 Å². The van der Waals surface area contributed by atoms with E-state index in [1.807, 2.05) is 0 Å². The van der Waals surface area contributed by atoms with Crippen molar-refractivity contribution in [3.8, 4) is 0 Å². The maximum atomic E-state index is 11.4. The van der Waals surface area contributed by atoms with Gasteiger partial charge in [0.25, 0.3) is 0 Å². The highest BCUT2D eigenvalue weighted by Crippen LogP contribution is 2.05. The fraction of sp³-hybridized carbons (Fsp3) is 0.933. The third kappa shape index (κ3) is 17.6. The molecule has 1 amide bonds. The minimum absolute atomic E-state index is 0.0537. The molecule has 0 radical (unpaired) electrons. The van der Waals surface area contributed by atoms with Gasteiger partial charge in [0, 0.05) is 13.7 Å². The van der Waals surface area contributed by atoms with E-state index in [0.29, 0.717) is 26.4 Å². The molecule has 0 unspecified atom stereocenters. The number of methoxy groups -OCH3 is 1. The number of hydrogen-bond acceptors (Lipinski definition) is 5. The number of rotatable bonds is 16. The first-order valence-corrected chi connectivity index (χ1v) is 8.46. The lowest BCUT2D eigenvalue weighted by Crippen LogP contribution is -2.29. The summed E-state index contributed by atoms with van der Waals surface area (Å²) in [4.78, 5) is 11.4. The second-order valence-corrected chi connectivity index (χ2v) is 5.30.